The SMILES string of the molecule is COOSc1nn(-c2ccc(OC)cc2)c2c1CCN(c1ccc(C(C)(C)CN3CCCC3)cc1)C2=O. The largest absolute Gasteiger partial charge is 0.497 e. The van der Waals surface area contributed by atoms with Crippen LogP contribution < -0.4 is 9.64 Å². The summed E-state index contributed by atoms with van der Waals surface area (Å²) in [5, 5.41) is 5.34. The topological polar surface area (TPSA) is 69.1 Å². The van der Waals surface area contributed by atoms with Crippen LogP contribution in [0.25, 0.3) is 5.69 Å². The third-order valence-electron chi connectivity index (χ3n) is 7.26. The summed E-state index contributed by atoms with van der Waals surface area (Å²) in [6, 6.07) is 16.0. The number of carbonyl (C=O) groups is 1. The van der Waals surface area contributed by atoms with Gasteiger partial charge in [-0.1, -0.05) is 26.0 Å². The summed E-state index contributed by atoms with van der Waals surface area (Å²) in [6.45, 7) is 8.58. The minimum atomic E-state index is -0.0853. The maximum atomic E-state index is 13.9. The summed E-state index contributed by atoms with van der Waals surface area (Å²) in [6.07, 6.45) is 3.24. The molecule has 37 heavy (non-hydrogen) atoms. The average molecular weight is 523 g/mol. The van der Waals surface area contributed by atoms with Gasteiger partial charge in [-0.05, 0) is 74.3 Å². The number of hydrogen-bond acceptors (Lipinski definition) is 7. The van der Waals surface area contributed by atoms with E-state index >= 15 is 0 Å². The highest BCUT2D eigenvalue weighted by atomic mass is 32.2. The average Bonchev–Trinajstić information content (AvgIpc) is 3.55. The van der Waals surface area contributed by atoms with Crippen molar-refractivity contribution in [3.05, 3.63) is 65.4 Å². The van der Waals surface area contributed by atoms with E-state index in [0.717, 1.165) is 41.3 Å². The van der Waals surface area contributed by atoms with Crippen molar-refractivity contribution in [3.63, 3.8) is 0 Å². The first-order chi connectivity index (χ1) is 17.9. The number of methoxy groups -OCH3 is 1. The van der Waals surface area contributed by atoms with E-state index in [1.165, 1.54) is 38.6 Å². The lowest BCUT2D eigenvalue weighted by molar-refractivity contribution is -0.160. The smallest absolute Gasteiger partial charge is 0.277 e. The van der Waals surface area contributed by atoms with Crippen LogP contribution in [0.3, 0.4) is 0 Å². The van der Waals surface area contributed by atoms with E-state index in [2.05, 4.69) is 43.0 Å². The molecule has 0 spiro atoms. The Labute approximate surface area is 222 Å². The fraction of sp³-hybridized carbons (Fsp3) is 0.429. The number of fused-ring (bicyclic) bond motifs is 1. The normalized spacial score (nSPS) is 16.3. The molecule has 1 fully saturated rings. The predicted molar refractivity (Wildman–Crippen MR) is 145 cm³/mol. The van der Waals surface area contributed by atoms with Gasteiger partial charge in [-0.2, -0.15) is 9.43 Å². The summed E-state index contributed by atoms with van der Waals surface area (Å²) in [4.78, 5) is 23.1. The Hall–Kier alpha value is -2.85. The van der Waals surface area contributed by atoms with Crippen LogP contribution in [-0.2, 0) is 21.1 Å². The Kier molecular flexibility index (Phi) is 7.57. The highest BCUT2D eigenvalue weighted by Crippen LogP contribution is 2.35. The number of anilines is 1. The van der Waals surface area contributed by atoms with Crippen molar-refractivity contribution in [2.24, 2.45) is 0 Å². The van der Waals surface area contributed by atoms with Crippen LogP contribution in [0.5, 0.6) is 5.75 Å². The third kappa shape index (κ3) is 5.27. The maximum absolute atomic E-state index is 13.9. The lowest BCUT2D eigenvalue weighted by atomic mass is 9.84. The Morgan fingerprint density at radius 1 is 0.946 bits per heavy atom. The molecule has 1 saturated heterocycles. The van der Waals surface area contributed by atoms with Gasteiger partial charge in [0.2, 0.25) is 0 Å². The van der Waals surface area contributed by atoms with Crippen LogP contribution in [0.2, 0.25) is 0 Å². The van der Waals surface area contributed by atoms with Gasteiger partial charge in [0.1, 0.15) is 11.4 Å². The second-order valence-electron chi connectivity index (χ2n) is 10.2. The van der Waals surface area contributed by atoms with E-state index in [1.807, 2.05) is 29.2 Å². The minimum Gasteiger partial charge on any atom is -0.497 e. The van der Waals surface area contributed by atoms with Gasteiger partial charge in [0.05, 0.1) is 31.9 Å². The molecule has 0 unspecified atom stereocenters. The summed E-state index contributed by atoms with van der Waals surface area (Å²) in [7, 11) is 3.07. The molecule has 1 aromatic heterocycles. The molecule has 2 aliphatic rings. The van der Waals surface area contributed by atoms with Crippen LogP contribution in [0, 0.1) is 0 Å². The van der Waals surface area contributed by atoms with E-state index in [1.54, 1.807) is 11.8 Å². The standard InChI is InChI=1S/C28H34N4O4S/c1-28(2,19-30-16-5-6-17-30)20-7-9-21(10-8-20)31-18-15-24-25(27(31)33)32(29-26(24)37-36-35-4)22-11-13-23(34-3)14-12-22/h7-14H,5-6,15-19H2,1-4H3. The van der Waals surface area contributed by atoms with Gasteiger partial charge in [-0.25, -0.2) is 9.57 Å². The lowest BCUT2D eigenvalue weighted by Gasteiger charge is -2.32. The Balaban J connectivity index is 1.43. The second kappa shape index (κ2) is 10.9. The Morgan fingerprint density at radius 3 is 2.27 bits per heavy atom. The highest BCUT2D eigenvalue weighted by Gasteiger charge is 2.34. The number of amides is 1. The predicted octanol–water partition coefficient (Wildman–Crippen LogP) is 5.04. The minimum absolute atomic E-state index is 0.0441. The van der Waals surface area contributed by atoms with E-state index in [-0.39, 0.29) is 11.3 Å². The summed E-state index contributed by atoms with van der Waals surface area (Å²) in [5.41, 5.74) is 4.39. The zero-order chi connectivity index (χ0) is 26.0. The first-order valence-electron chi connectivity index (χ1n) is 12.7. The molecule has 8 nitrogen and oxygen atoms in total. The quantitative estimate of drug-likeness (QED) is 0.221. The van der Waals surface area contributed by atoms with Crippen LogP contribution in [0.1, 0.15) is 48.3 Å². The molecule has 2 aromatic carbocycles. The first-order valence-corrected chi connectivity index (χ1v) is 13.4. The summed E-state index contributed by atoms with van der Waals surface area (Å²) >= 11 is 1.02. The van der Waals surface area contributed by atoms with Gasteiger partial charge < -0.3 is 14.5 Å². The number of likely N-dealkylation sites (tertiary alicyclic amines) is 1. The number of hydrogen-bond donors (Lipinski definition) is 0. The molecule has 5 rings (SSSR count). The molecule has 9 heteroatoms. The Morgan fingerprint density at radius 2 is 1.62 bits per heavy atom. The van der Waals surface area contributed by atoms with Crippen LogP contribution >= 0.6 is 12.0 Å². The monoisotopic (exact) mass is 522 g/mol. The zero-order valence-electron chi connectivity index (χ0n) is 21.9. The van der Waals surface area contributed by atoms with Crippen molar-refractivity contribution in [1.82, 2.24) is 14.7 Å². The van der Waals surface area contributed by atoms with Gasteiger partial charge in [-0.3, -0.25) is 4.79 Å². The third-order valence-corrected chi connectivity index (χ3v) is 7.95. The Bertz CT molecular complexity index is 1230. The van der Waals surface area contributed by atoms with Crippen molar-refractivity contribution in [1.29, 1.82) is 0 Å². The summed E-state index contributed by atoms with van der Waals surface area (Å²) < 4.78 is 12.1. The molecule has 2 aliphatic heterocycles. The van der Waals surface area contributed by atoms with Crippen molar-refractivity contribution in [2.75, 3.05) is 45.3 Å². The van der Waals surface area contributed by atoms with Crippen molar-refractivity contribution >= 4 is 23.6 Å². The second-order valence-corrected chi connectivity index (χ2v) is 10.9. The lowest BCUT2D eigenvalue weighted by Crippen LogP contribution is -2.39. The van der Waals surface area contributed by atoms with Crippen molar-refractivity contribution in [2.45, 2.75) is 43.6 Å². The van der Waals surface area contributed by atoms with Crippen molar-refractivity contribution in [3.8, 4) is 11.4 Å². The van der Waals surface area contributed by atoms with E-state index in [0.29, 0.717) is 23.7 Å². The molecular weight excluding hydrogens is 488 g/mol. The molecule has 0 N–H and O–H groups in total. The molecule has 3 aromatic rings. The fourth-order valence-corrected chi connectivity index (χ4v) is 5.85. The number of aromatic nitrogens is 2. The van der Waals surface area contributed by atoms with E-state index in [9.17, 15) is 4.79 Å². The molecule has 3 heterocycles. The van der Waals surface area contributed by atoms with Crippen LogP contribution in [0.15, 0.2) is 53.6 Å². The highest BCUT2D eigenvalue weighted by molar-refractivity contribution is 7.94. The number of benzene rings is 2. The zero-order valence-corrected chi connectivity index (χ0v) is 22.7. The van der Waals surface area contributed by atoms with Gasteiger partial charge in [0.25, 0.3) is 5.91 Å². The number of nitrogens with zero attached hydrogens (tertiary/aromatic N) is 4. The van der Waals surface area contributed by atoms with Gasteiger partial charge in [0.15, 0.2) is 5.03 Å². The van der Waals surface area contributed by atoms with Crippen LogP contribution in [-0.4, -0.2) is 61.0 Å². The van der Waals surface area contributed by atoms with Gasteiger partial charge in [0, 0.05) is 29.8 Å². The maximum Gasteiger partial charge on any atom is 0.277 e. The van der Waals surface area contributed by atoms with Crippen LogP contribution in [0.4, 0.5) is 5.69 Å². The first kappa shape index (κ1) is 25.8. The molecule has 0 aliphatic carbocycles. The molecular formula is C28H34N4O4S. The van der Waals surface area contributed by atoms with Gasteiger partial charge in [-0.15, -0.1) is 0 Å². The molecule has 0 saturated carbocycles. The number of carbonyl (C=O) groups excluding carboxylic acids is 1. The van der Waals surface area contributed by atoms with Crippen molar-refractivity contribution < 1.29 is 18.8 Å². The molecule has 0 bridgehead atoms. The van der Waals surface area contributed by atoms with Gasteiger partial charge >= 0.3 is 0 Å². The fourth-order valence-electron chi connectivity index (χ4n) is 5.30. The van der Waals surface area contributed by atoms with E-state index in [4.69, 9.17) is 19.1 Å². The molecule has 196 valence electrons. The van der Waals surface area contributed by atoms with E-state index < -0.39 is 0 Å². The summed E-state index contributed by atoms with van der Waals surface area (Å²) in [5.74, 6) is 0.653. The molecule has 1 amide bonds. The number of rotatable bonds is 9. The number of ether oxygens (including phenoxy) is 1. The molecule has 0 atom stereocenters. The molecule has 0 radical (unpaired) electrons.